The first-order valence-electron chi connectivity index (χ1n) is 7.84. The Morgan fingerprint density at radius 2 is 1.59 bits per heavy atom. The van der Waals surface area contributed by atoms with E-state index >= 15 is 0 Å². The average molecular weight is 377 g/mol. The predicted molar refractivity (Wildman–Crippen MR) is 91.1 cm³/mol. The van der Waals surface area contributed by atoms with Gasteiger partial charge in [0.15, 0.2) is 5.76 Å². The van der Waals surface area contributed by atoms with E-state index in [4.69, 9.17) is 0 Å². The van der Waals surface area contributed by atoms with Crippen LogP contribution >= 0.6 is 0 Å². The molecule has 3 rings (SSSR count). The lowest BCUT2D eigenvalue weighted by Gasteiger charge is -2.16. The Balaban J connectivity index is 1.94. The maximum atomic E-state index is 12.8. The Morgan fingerprint density at radius 3 is 2.15 bits per heavy atom. The van der Waals surface area contributed by atoms with Gasteiger partial charge in [0.05, 0.1) is 11.3 Å². The quantitative estimate of drug-likeness (QED) is 0.820. The minimum atomic E-state index is -4.85. The minimum Gasteiger partial charge on any atom is -0.502 e. The molecule has 2 aromatic rings. The van der Waals surface area contributed by atoms with Crippen LogP contribution in [0.2, 0.25) is 0 Å². The van der Waals surface area contributed by atoms with Gasteiger partial charge in [-0.2, -0.15) is 0 Å². The Labute approximate surface area is 152 Å². The van der Waals surface area contributed by atoms with Crippen molar-refractivity contribution >= 4 is 23.1 Å². The van der Waals surface area contributed by atoms with Crippen LogP contribution < -0.4 is 9.64 Å². The van der Waals surface area contributed by atoms with Crippen molar-refractivity contribution in [3.8, 4) is 5.75 Å². The number of imide groups is 1. The summed E-state index contributed by atoms with van der Waals surface area (Å²) in [6, 6.07) is 9.41. The van der Waals surface area contributed by atoms with Crippen molar-refractivity contribution < 1.29 is 32.6 Å². The minimum absolute atomic E-state index is 0.0193. The van der Waals surface area contributed by atoms with Crippen molar-refractivity contribution in [3.05, 3.63) is 64.9 Å². The zero-order chi connectivity index (χ0) is 19.9. The number of carbonyl (C=O) groups excluding carboxylic acids is 2. The van der Waals surface area contributed by atoms with Crippen LogP contribution in [0.15, 0.2) is 48.2 Å². The summed E-state index contributed by atoms with van der Waals surface area (Å²) in [6.45, 7) is 3.61. The van der Waals surface area contributed by atoms with E-state index in [1.165, 1.54) is 0 Å². The molecule has 0 saturated carbocycles. The zero-order valence-corrected chi connectivity index (χ0v) is 14.3. The lowest BCUT2D eigenvalue weighted by atomic mass is 9.98. The molecule has 0 radical (unpaired) electrons. The normalized spacial score (nSPS) is 14.9. The van der Waals surface area contributed by atoms with E-state index in [0.29, 0.717) is 16.0 Å². The number of hydrogen-bond acceptors (Lipinski definition) is 4. The molecule has 2 aromatic carbocycles. The first kappa shape index (κ1) is 18.5. The molecule has 2 amide bonds. The van der Waals surface area contributed by atoms with Gasteiger partial charge in [0.25, 0.3) is 5.91 Å². The average Bonchev–Trinajstić information content (AvgIpc) is 2.78. The second-order valence-corrected chi connectivity index (χ2v) is 6.03. The monoisotopic (exact) mass is 377 g/mol. The molecule has 0 spiro atoms. The molecule has 0 saturated heterocycles. The van der Waals surface area contributed by atoms with Crippen LogP contribution in [0.4, 0.5) is 18.9 Å². The van der Waals surface area contributed by atoms with Crippen molar-refractivity contribution in [2.24, 2.45) is 0 Å². The van der Waals surface area contributed by atoms with Gasteiger partial charge in [-0.25, -0.2) is 4.90 Å². The number of ether oxygens (including phenoxy) is 1. The van der Waals surface area contributed by atoms with Crippen molar-refractivity contribution in [1.29, 1.82) is 0 Å². The van der Waals surface area contributed by atoms with Crippen LogP contribution in [0.1, 0.15) is 16.7 Å². The SMILES string of the molecule is Cc1ccc(C2=C(O)C(=O)N(c3ccc(OC(F)(F)F)cc3)C2=O)c(C)c1. The molecule has 8 heteroatoms. The molecule has 0 aromatic heterocycles. The summed E-state index contributed by atoms with van der Waals surface area (Å²) in [5.41, 5.74) is 1.94. The fourth-order valence-corrected chi connectivity index (χ4v) is 2.89. The number of halogens is 3. The highest BCUT2D eigenvalue weighted by Crippen LogP contribution is 2.34. The lowest BCUT2D eigenvalue weighted by molar-refractivity contribution is -0.274. The molecule has 27 heavy (non-hydrogen) atoms. The molecular weight excluding hydrogens is 363 g/mol. The van der Waals surface area contributed by atoms with Gasteiger partial charge in [-0.05, 0) is 49.2 Å². The first-order chi connectivity index (χ1) is 12.6. The van der Waals surface area contributed by atoms with Gasteiger partial charge in [-0.3, -0.25) is 9.59 Å². The van der Waals surface area contributed by atoms with Crippen LogP contribution in [0.5, 0.6) is 5.75 Å². The highest BCUT2D eigenvalue weighted by Gasteiger charge is 2.40. The van der Waals surface area contributed by atoms with Crippen LogP contribution in [0.3, 0.4) is 0 Å². The number of aliphatic hydroxyl groups excluding tert-OH is 1. The summed E-state index contributed by atoms with van der Waals surface area (Å²) in [5, 5.41) is 10.2. The first-order valence-corrected chi connectivity index (χ1v) is 7.84. The number of aliphatic hydroxyl groups is 1. The van der Waals surface area contributed by atoms with E-state index in [1.807, 2.05) is 6.92 Å². The number of alkyl halides is 3. The van der Waals surface area contributed by atoms with Gasteiger partial charge in [0.2, 0.25) is 0 Å². The number of hydrogen-bond donors (Lipinski definition) is 1. The fourth-order valence-electron chi connectivity index (χ4n) is 2.89. The highest BCUT2D eigenvalue weighted by atomic mass is 19.4. The van der Waals surface area contributed by atoms with Crippen LogP contribution in [-0.2, 0) is 9.59 Å². The third-order valence-corrected chi connectivity index (χ3v) is 4.04. The highest BCUT2D eigenvalue weighted by molar-refractivity contribution is 6.45. The van der Waals surface area contributed by atoms with Crippen molar-refractivity contribution in [2.75, 3.05) is 4.90 Å². The number of nitrogens with zero attached hydrogens (tertiary/aromatic N) is 1. The topological polar surface area (TPSA) is 66.8 Å². The van der Waals surface area contributed by atoms with Crippen LogP contribution in [-0.4, -0.2) is 23.3 Å². The fraction of sp³-hybridized carbons (Fsp3) is 0.158. The van der Waals surface area contributed by atoms with E-state index in [2.05, 4.69) is 4.74 Å². The van der Waals surface area contributed by atoms with Gasteiger partial charge in [0, 0.05) is 0 Å². The van der Waals surface area contributed by atoms with Crippen LogP contribution in [0, 0.1) is 13.8 Å². The third-order valence-electron chi connectivity index (χ3n) is 4.04. The van der Waals surface area contributed by atoms with E-state index in [9.17, 15) is 27.9 Å². The molecule has 1 heterocycles. The molecule has 0 bridgehead atoms. The number of rotatable bonds is 3. The zero-order valence-electron chi connectivity index (χ0n) is 14.3. The molecule has 1 N–H and O–H groups in total. The smallest absolute Gasteiger partial charge is 0.502 e. The van der Waals surface area contributed by atoms with Gasteiger partial charge in [-0.1, -0.05) is 23.8 Å². The summed E-state index contributed by atoms with van der Waals surface area (Å²) >= 11 is 0. The maximum Gasteiger partial charge on any atom is 0.573 e. The Morgan fingerprint density at radius 1 is 0.963 bits per heavy atom. The van der Waals surface area contributed by atoms with E-state index in [-0.39, 0.29) is 11.3 Å². The van der Waals surface area contributed by atoms with Gasteiger partial charge in [-0.15, -0.1) is 13.2 Å². The van der Waals surface area contributed by atoms with Crippen molar-refractivity contribution in [2.45, 2.75) is 20.2 Å². The number of carbonyl (C=O) groups is 2. The standard InChI is InChI=1S/C19H14F3NO4/c1-10-3-8-14(11(2)9-10)15-16(24)18(26)23(17(15)25)12-4-6-13(7-5-12)27-19(20,21)22/h3-9,24H,1-2H3. The largest absolute Gasteiger partial charge is 0.573 e. The number of anilines is 1. The molecule has 1 aliphatic heterocycles. The number of aryl methyl sites for hydroxylation is 2. The molecule has 0 unspecified atom stereocenters. The summed E-state index contributed by atoms with van der Waals surface area (Å²) in [7, 11) is 0. The summed E-state index contributed by atoms with van der Waals surface area (Å²) in [5.74, 6) is -2.90. The van der Waals surface area contributed by atoms with E-state index < -0.39 is 29.7 Å². The van der Waals surface area contributed by atoms with Gasteiger partial charge in [0.1, 0.15) is 5.75 Å². The van der Waals surface area contributed by atoms with E-state index in [1.54, 1.807) is 25.1 Å². The maximum absolute atomic E-state index is 12.8. The number of amides is 2. The summed E-state index contributed by atoms with van der Waals surface area (Å²) < 4.78 is 40.5. The summed E-state index contributed by atoms with van der Waals surface area (Å²) in [6.07, 6.45) is -4.85. The Kier molecular flexibility index (Phi) is 4.43. The molecule has 140 valence electrons. The molecule has 1 aliphatic rings. The van der Waals surface area contributed by atoms with Crippen LogP contribution in [0.25, 0.3) is 5.57 Å². The van der Waals surface area contributed by atoms with Crippen molar-refractivity contribution in [3.63, 3.8) is 0 Å². The lowest BCUT2D eigenvalue weighted by Crippen LogP contribution is -2.31. The summed E-state index contributed by atoms with van der Waals surface area (Å²) in [4.78, 5) is 25.8. The second kappa shape index (κ2) is 6.46. The third kappa shape index (κ3) is 3.51. The Hall–Kier alpha value is -3.29. The second-order valence-electron chi connectivity index (χ2n) is 6.03. The molecular formula is C19H14F3NO4. The number of benzene rings is 2. The molecule has 0 fully saturated rings. The molecule has 0 atom stereocenters. The van der Waals surface area contributed by atoms with Gasteiger partial charge < -0.3 is 9.84 Å². The Bertz CT molecular complexity index is 962. The molecule has 5 nitrogen and oxygen atoms in total. The molecule has 0 aliphatic carbocycles. The van der Waals surface area contributed by atoms with Crippen molar-refractivity contribution in [1.82, 2.24) is 0 Å². The van der Waals surface area contributed by atoms with Gasteiger partial charge >= 0.3 is 12.3 Å². The predicted octanol–water partition coefficient (Wildman–Crippen LogP) is 4.04. The van der Waals surface area contributed by atoms with E-state index in [0.717, 1.165) is 29.8 Å².